The average Bonchev–Trinajstić information content (AvgIpc) is 3.23. The fourth-order valence-corrected chi connectivity index (χ4v) is 3.00. The lowest BCUT2D eigenvalue weighted by Gasteiger charge is -2.08. The Kier molecular flexibility index (Phi) is 5.11. The van der Waals surface area contributed by atoms with Crippen molar-refractivity contribution in [2.24, 2.45) is 0 Å². The first-order valence-electron chi connectivity index (χ1n) is 6.75. The molecular weight excluding hydrogens is 290 g/mol. The molecule has 1 fully saturated rings. The SMILES string of the molecule is C=CCNCC(=O)Nc1ccc(S(=O)(=O)NC2CC2)cc1. The van der Waals surface area contributed by atoms with E-state index in [0.717, 1.165) is 12.8 Å². The van der Waals surface area contributed by atoms with E-state index in [9.17, 15) is 13.2 Å². The van der Waals surface area contributed by atoms with E-state index in [1.165, 1.54) is 12.1 Å². The van der Waals surface area contributed by atoms with E-state index in [2.05, 4.69) is 21.9 Å². The molecule has 1 saturated carbocycles. The van der Waals surface area contributed by atoms with Gasteiger partial charge in [-0.3, -0.25) is 4.79 Å². The second-order valence-electron chi connectivity index (χ2n) is 4.89. The van der Waals surface area contributed by atoms with Gasteiger partial charge in [0.2, 0.25) is 15.9 Å². The van der Waals surface area contributed by atoms with Crippen molar-refractivity contribution in [1.82, 2.24) is 10.0 Å². The highest BCUT2D eigenvalue weighted by Gasteiger charge is 2.27. The van der Waals surface area contributed by atoms with Crippen LogP contribution in [0.25, 0.3) is 0 Å². The molecule has 0 aromatic heterocycles. The summed E-state index contributed by atoms with van der Waals surface area (Å²) < 4.78 is 26.6. The molecule has 0 bridgehead atoms. The van der Waals surface area contributed by atoms with Gasteiger partial charge in [-0.1, -0.05) is 6.08 Å². The first-order valence-corrected chi connectivity index (χ1v) is 8.23. The first kappa shape index (κ1) is 15.7. The molecule has 0 saturated heterocycles. The van der Waals surface area contributed by atoms with Crippen molar-refractivity contribution in [1.29, 1.82) is 0 Å². The van der Waals surface area contributed by atoms with Gasteiger partial charge in [-0.2, -0.15) is 0 Å². The fourth-order valence-electron chi connectivity index (χ4n) is 1.70. The summed E-state index contributed by atoms with van der Waals surface area (Å²) in [6.07, 6.45) is 3.45. The highest BCUT2D eigenvalue weighted by atomic mass is 32.2. The second-order valence-corrected chi connectivity index (χ2v) is 6.60. The normalized spacial score (nSPS) is 14.7. The molecule has 7 heteroatoms. The number of hydrogen-bond acceptors (Lipinski definition) is 4. The van der Waals surface area contributed by atoms with E-state index in [-0.39, 0.29) is 23.4 Å². The van der Waals surface area contributed by atoms with E-state index >= 15 is 0 Å². The van der Waals surface area contributed by atoms with Crippen LogP contribution in [0.15, 0.2) is 41.8 Å². The maximum Gasteiger partial charge on any atom is 0.240 e. The molecule has 1 amide bonds. The standard InChI is InChI=1S/C14H19N3O3S/c1-2-9-15-10-14(18)16-11-5-7-13(8-6-11)21(19,20)17-12-3-4-12/h2,5-8,12,15,17H,1,3-4,9-10H2,(H,16,18). The predicted molar refractivity (Wildman–Crippen MR) is 81.5 cm³/mol. The van der Waals surface area contributed by atoms with Gasteiger partial charge in [-0.25, -0.2) is 13.1 Å². The lowest BCUT2D eigenvalue weighted by molar-refractivity contribution is -0.115. The minimum Gasteiger partial charge on any atom is -0.325 e. The van der Waals surface area contributed by atoms with Crippen molar-refractivity contribution in [3.63, 3.8) is 0 Å². The van der Waals surface area contributed by atoms with Crippen molar-refractivity contribution in [2.75, 3.05) is 18.4 Å². The number of hydrogen-bond donors (Lipinski definition) is 3. The van der Waals surface area contributed by atoms with Gasteiger partial charge >= 0.3 is 0 Å². The van der Waals surface area contributed by atoms with Crippen LogP contribution < -0.4 is 15.4 Å². The molecule has 1 aliphatic carbocycles. The molecule has 114 valence electrons. The van der Waals surface area contributed by atoms with Gasteiger partial charge in [0.1, 0.15) is 0 Å². The number of nitrogens with one attached hydrogen (secondary N) is 3. The van der Waals surface area contributed by atoms with Crippen LogP contribution in [0, 0.1) is 0 Å². The highest BCUT2D eigenvalue weighted by molar-refractivity contribution is 7.89. The van der Waals surface area contributed by atoms with Crippen molar-refractivity contribution in [3.8, 4) is 0 Å². The Morgan fingerprint density at radius 1 is 1.29 bits per heavy atom. The molecule has 1 aromatic rings. The Balaban J connectivity index is 1.92. The largest absolute Gasteiger partial charge is 0.325 e. The minimum atomic E-state index is -3.45. The second kappa shape index (κ2) is 6.84. The van der Waals surface area contributed by atoms with Crippen LogP contribution in [0.1, 0.15) is 12.8 Å². The summed E-state index contributed by atoms with van der Waals surface area (Å²) in [5.74, 6) is -0.191. The monoisotopic (exact) mass is 309 g/mol. The van der Waals surface area contributed by atoms with Crippen LogP contribution in [0.3, 0.4) is 0 Å². The molecule has 0 atom stereocenters. The zero-order chi connectivity index (χ0) is 15.3. The van der Waals surface area contributed by atoms with Gasteiger partial charge in [-0.05, 0) is 37.1 Å². The van der Waals surface area contributed by atoms with Gasteiger partial charge in [0.05, 0.1) is 11.4 Å². The molecule has 1 aromatic carbocycles. The van der Waals surface area contributed by atoms with Crippen LogP contribution in [-0.2, 0) is 14.8 Å². The van der Waals surface area contributed by atoms with Crippen LogP contribution in [0.5, 0.6) is 0 Å². The van der Waals surface area contributed by atoms with Crippen LogP contribution >= 0.6 is 0 Å². The molecular formula is C14H19N3O3S. The fraction of sp³-hybridized carbons (Fsp3) is 0.357. The number of benzene rings is 1. The zero-order valence-corrected chi connectivity index (χ0v) is 12.4. The summed E-state index contributed by atoms with van der Waals surface area (Å²) in [6.45, 7) is 4.27. The number of rotatable bonds is 8. The van der Waals surface area contributed by atoms with E-state index < -0.39 is 10.0 Å². The Bertz CT molecular complexity index is 607. The van der Waals surface area contributed by atoms with Crippen molar-refractivity contribution in [2.45, 2.75) is 23.8 Å². The van der Waals surface area contributed by atoms with Crippen molar-refractivity contribution in [3.05, 3.63) is 36.9 Å². The number of amides is 1. The van der Waals surface area contributed by atoms with Gasteiger partial charge < -0.3 is 10.6 Å². The number of sulfonamides is 1. The number of carbonyl (C=O) groups excluding carboxylic acids is 1. The van der Waals surface area contributed by atoms with Crippen LogP contribution in [-0.4, -0.2) is 33.5 Å². The summed E-state index contributed by atoms with van der Waals surface area (Å²) in [6, 6.07) is 6.19. The quantitative estimate of drug-likeness (QED) is 0.490. The minimum absolute atomic E-state index is 0.0744. The molecule has 0 heterocycles. The zero-order valence-electron chi connectivity index (χ0n) is 11.6. The average molecular weight is 309 g/mol. The van der Waals surface area contributed by atoms with E-state index in [1.54, 1.807) is 18.2 Å². The van der Waals surface area contributed by atoms with Crippen LogP contribution in [0.4, 0.5) is 5.69 Å². The Hall–Kier alpha value is -1.70. The lowest BCUT2D eigenvalue weighted by atomic mass is 10.3. The molecule has 3 N–H and O–H groups in total. The molecule has 0 aliphatic heterocycles. The predicted octanol–water partition coefficient (Wildman–Crippen LogP) is 0.841. The summed E-state index contributed by atoms with van der Waals surface area (Å²) in [7, 11) is -3.45. The van der Waals surface area contributed by atoms with Crippen molar-refractivity contribution >= 4 is 21.6 Å². The summed E-state index contributed by atoms with van der Waals surface area (Å²) in [5, 5.41) is 5.56. The third kappa shape index (κ3) is 4.96. The summed E-state index contributed by atoms with van der Waals surface area (Å²) in [5.41, 5.74) is 0.561. The number of anilines is 1. The Morgan fingerprint density at radius 2 is 1.95 bits per heavy atom. The summed E-state index contributed by atoms with van der Waals surface area (Å²) >= 11 is 0. The van der Waals surface area contributed by atoms with Gasteiger partial charge in [0, 0.05) is 18.3 Å². The molecule has 0 radical (unpaired) electrons. The van der Waals surface area contributed by atoms with E-state index in [4.69, 9.17) is 0 Å². The van der Waals surface area contributed by atoms with Gasteiger partial charge in [-0.15, -0.1) is 6.58 Å². The molecule has 6 nitrogen and oxygen atoms in total. The lowest BCUT2D eigenvalue weighted by Crippen LogP contribution is -2.28. The smallest absolute Gasteiger partial charge is 0.240 e. The van der Waals surface area contributed by atoms with Gasteiger partial charge in [0.15, 0.2) is 0 Å². The topological polar surface area (TPSA) is 87.3 Å². The third-order valence-corrected chi connectivity index (χ3v) is 4.46. The molecule has 21 heavy (non-hydrogen) atoms. The van der Waals surface area contributed by atoms with Crippen molar-refractivity contribution < 1.29 is 13.2 Å². The third-order valence-electron chi connectivity index (χ3n) is 2.92. The Labute approximate surface area is 124 Å². The molecule has 2 rings (SSSR count). The maximum atomic E-state index is 12.0. The van der Waals surface area contributed by atoms with E-state index in [1.807, 2.05) is 0 Å². The van der Waals surface area contributed by atoms with Crippen LogP contribution in [0.2, 0.25) is 0 Å². The summed E-state index contributed by atoms with van der Waals surface area (Å²) in [4.78, 5) is 11.8. The van der Waals surface area contributed by atoms with Gasteiger partial charge in [0.25, 0.3) is 0 Å². The molecule has 1 aliphatic rings. The number of carbonyl (C=O) groups is 1. The molecule has 0 unspecified atom stereocenters. The maximum absolute atomic E-state index is 12.0. The van der Waals surface area contributed by atoms with E-state index in [0.29, 0.717) is 12.2 Å². The highest BCUT2D eigenvalue weighted by Crippen LogP contribution is 2.22. The molecule has 0 spiro atoms. The Morgan fingerprint density at radius 3 is 2.52 bits per heavy atom. The first-order chi connectivity index (χ1) is 10.0.